The number of carbonyl (C=O) groups excluding carboxylic acids is 2. The summed E-state index contributed by atoms with van der Waals surface area (Å²) in [6, 6.07) is 0. The number of hydrogen-bond acceptors (Lipinski definition) is 10. The molecule has 0 fully saturated rings. The summed E-state index contributed by atoms with van der Waals surface area (Å²) in [4.78, 5) is 35.0. The zero-order valence-corrected chi connectivity index (χ0v) is 36.8. The van der Waals surface area contributed by atoms with Gasteiger partial charge in [-0.1, -0.05) is 138 Å². The van der Waals surface area contributed by atoms with E-state index in [-0.39, 0.29) is 26.1 Å². The van der Waals surface area contributed by atoms with Crippen molar-refractivity contribution in [2.24, 2.45) is 0 Å². The zero-order valence-electron chi connectivity index (χ0n) is 35.9. The zero-order chi connectivity index (χ0) is 42.6. The molecule has 0 aromatic rings. The monoisotopic (exact) mass is 841 g/mol. The van der Waals surface area contributed by atoms with Crippen molar-refractivity contribution in [3.05, 3.63) is 60.8 Å². The number of phosphoric ester groups is 1. The van der Waals surface area contributed by atoms with Crippen molar-refractivity contribution >= 4 is 19.8 Å². The van der Waals surface area contributed by atoms with Crippen LogP contribution in [0.2, 0.25) is 0 Å². The maximum Gasteiger partial charge on any atom is 0.472 e. The molecule has 12 heteroatoms. The normalized spacial score (nSPS) is 14.4. The molecule has 0 heterocycles. The highest BCUT2D eigenvalue weighted by Gasteiger charge is 2.27. The van der Waals surface area contributed by atoms with E-state index in [9.17, 15) is 24.2 Å². The Kier molecular flexibility index (Phi) is 41.0. The van der Waals surface area contributed by atoms with Crippen molar-refractivity contribution in [1.29, 1.82) is 0 Å². The fourth-order valence-electron chi connectivity index (χ4n) is 5.72. The lowest BCUT2D eigenvalue weighted by molar-refractivity contribution is -0.161. The van der Waals surface area contributed by atoms with Crippen LogP contribution < -0.4 is 0 Å². The third kappa shape index (κ3) is 41.8. The van der Waals surface area contributed by atoms with E-state index in [1.165, 1.54) is 64.2 Å². The topological polar surface area (TPSA) is 169 Å². The highest BCUT2D eigenvalue weighted by atomic mass is 31.2. The maximum absolute atomic E-state index is 12.6. The molecular weight excluding hydrogens is 759 g/mol. The summed E-state index contributed by atoms with van der Waals surface area (Å²) in [7, 11) is -4.64. The molecule has 11 nitrogen and oxygen atoms in total. The number of aliphatic hydroxyl groups excluding tert-OH is 3. The fourth-order valence-corrected chi connectivity index (χ4v) is 6.51. The van der Waals surface area contributed by atoms with E-state index < -0.39 is 51.8 Å². The van der Waals surface area contributed by atoms with Crippen LogP contribution >= 0.6 is 7.82 Å². The average Bonchev–Trinajstić information content (AvgIpc) is 3.21. The fraction of sp³-hybridized carbons (Fsp3) is 0.739. The third-order valence-corrected chi connectivity index (χ3v) is 10.1. The van der Waals surface area contributed by atoms with Gasteiger partial charge in [0.25, 0.3) is 0 Å². The number of unbranched alkanes of at least 4 members (excludes halogenated alkanes) is 17. The second-order valence-corrected chi connectivity index (χ2v) is 16.2. The summed E-state index contributed by atoms with van der Waals surface area (Å²) in [5.74, 6) is -1.01. The smallest absolute Gasteiger partial charge is 0.462 e. The first kappa shape index (κ1) is 55.6. The van der Waals surface area contributed by atoms with Gasteiger partial charge in [-0.15, -0.1) is 0 Å². The molecule has 58 heavy (non-hydrogen) atoms. The van der Waals surface area contributed by atoms with Gasteiger partial charge < -0.3 is 29.7 Å². The predicted molar refractivity (Wildman–Crippen MR) is 234 cm³/mol. The van der Waals surface area contributed by atoms with Crippen LogP contribution in [0, 0.1) is 0 Å². The summed E-state index contributed by atoms with van der Waals surface area (Å²) in [5, 5.41) is 27.1. The first-order valence-corrected chi connectivity index (χ1v) is 23.8. The Hall–Kier alpha value is -2.37. The van der Waals surface area contributed by atoms with E-state index in [4.69, 9.17) is 24.2 Å². The Morgan fingerprint density at radius 1 is 0.534 bits per heavy atom. The standard InChI is InChI=1S/C46H81O11P/c1-2-3-4-5-6-7-8-9-10-12-16-19-22-25-28-31-34-37-46(51)57-44(42-56-58(52,53)55-40-43(49)39-48)41-54-45(50)36-33-30-27-24-21-18-15-13-11-14-17-20-23-26-29-32-35-38-47/h9-11,14-15,18,20,23-24,27,43-44,47-49H,2-8,12-13,16-17,19,21-22,25-26,28-42H2,1H3,(H,52,53)/b10-9-,14-11-,18-15-,23-20-,27-24-/t43-,44+/m0/s1. The van der Waals surface area contributed by atoms with Gasteiger partial charge in [0.05, 0.1) is 19.8 Å². The van der Waals surface area contributed by atoms with Crippen molar-refractivity contribution < 1.29 is 52.9 Å². The highest BCUT2D eigenvalue weighted by Crippen LogP contribution is 2.43. The number of ether oxygens (including phenoxy) is 2. The minimum absolute atomic E-state index is 0.153. The summed E-state index contributed by atoms with van der Waals surface area (Å²) in [6.07, 6.45) is 44.9. The molecule has 1 unspecified atom stereocenters. The van der Waals surface area contributed by atoms with Gasteiger partial charge in [0.1, 0.15) is 12.7 Å². The van der Waals surface area contributed by atoms with Crippen LogP contribution in [0.5, 0.6) is 0 Å². The average molecular weight is 841 g/mol. The van der Waals surface area contributed by atoms with E-state index in [1.807, 2.05) is 12.2 Å². The molecular formula is C46H81O11P. The van der Waals surface area contributed by atoms with E-state index >= 15 is 0 Å². The first-order chi connectivity index (χ1) is 28.2. The van der Waals surface area contributed by atoms with Crippen molar-refractivity contribution in [3.8, 4) is 0 Å². The lowest BCUT2D eigenvalue weighted by atomic mass is 10.1. The van der Waals surface area contributed by atoms with Gasteiger partial charge >= 0.3 is 19.8 Å². The molecule has 0 amide bonds. The number of aliphatic hydroxyl groups is 3. The molecule has 0 saturated carbocycles. The molecule has 0 aliphatic carbocycles. The van der Waals surface area contributed by atoms with E-state index in [1.54, 1.807) is 0 Å². The van der Waals surface area contributed by atoms with Crippen LogP contribution in [0.15, 0.2) is 60.8 Å². The Morgan fingerprint density at radius 2 is 0.966 bits per heavy atom. The minimum Gasteiger partial charge on any atom is -0.462 e. The molecule has 0 aromatic carbocycles. The molecule has 0 radical (unpaired) electrons. The second kappa shape index (κ2) is 42.7. The van der Waals surface area contributed by atoms with Crippen molar-refractivity contribution in [1.82, 2.24) is 0 Å². The van der Waals surface area contributed by atoms with Gasteiger partial charge in [-0.25, -0.2) is 4.57 Å². The van der Waals surface area contributed by atoms with Gasteiger partial charge in [0.15, 0.2) is 6.10 Å². The van der Waals surface area contributed by atoms with Crippen molar-refractivity contribution in [3.63, 3.8) is 0 Å². The van der Waals surface area contributed by atoms with Gasteiger partial charge in [-0.05, 0) is 83.5 Å². The number of phosphoric acid groups is 1. The Labute approximate surface area is 351 Å². The molecule has 0 aromatic heterocycles. The summed E-state index contributed by atoms with van der Waals surface area (Å²) < 4.78 is 32.7. The molecule has 0 aliphatic rings. The molecule has 0 rings (SSSR count). The number of esters is 2. The maximum atomic E-state index is 12.6. The van der Waals surface area contributed by atoms with Crippen LogP contribution in [0.4, 0.5) is 0 Å². The first-order valence-electron chi connectivity index (χ1n) is 22.4. The lowest BCUT2D eigenvalue weighted by Crippen LogP contribution is -2.29. The van der Waals surface area contributed by atoms with Gasteiger partial charge in [-0.3, -0.25) is 18.6 Å². The molecule has 0 aliphatic heterocycles. The summed E-state index contributed by atoms with van der Waals surface area (Å²) in [5.41, 5.74) is 0. The van der Waals surface area contributed by atoms with Crippen LogP contribution in [0.3, 0.4) is 0 Å². The summed E-state index contributed by atoms with van der Waals surface area (Å²) in [6.45, 7) is 0.309. The van der Waals surface area contributed by atoms with Gasteiger partial charge in [0, 0.05) is 19.4 Å². The quantitative estimate of drug-likeness (QED) is 0.0200. The number of hydrogen-bond donors (Lipinski definition) is 4. The Morgan fingerprint density at radius 3 is 1.50 bits per heavy atom. The Balaban J connectivity index is 4.37. The molecule has 0 bridgehead atoms. The minimum atomic E-state index is -4.64. The molecule has 4 N–H and O–H groups in total. The van der Waals surface area contributed by atoms with E-state index in [2.05, 4.69) is 60.1 Å². The number of carbonyl (C=O) groups is 2. The molecule has 0 saturated heterocycles. The molecule has 336 valence electrons. The molecule has 0 spiro atoms. The van der Waals surface area contributed by atoms with Gasteiger partial charge in [0.2, 0.25) is 0 Å². The molecule has 3 atom stereocenters. The van der Waals surface area contributed by atoms with Crippen LogP contribution in [0.25, 0.3) is 0 Å². The number of rotatable bonds is 42. The largest absolute Gasteiger partial charge is 0.472 e. The number of allylic oxidation sites excluding steroid dienone is 10. The predicted octanol–water partition coefficient (Wildman–Crippen LogP) is 10.9. The second-order valence-electron chi connectivity index (χ2n) is 14.8. The van der Waals surface area contributed by atoms with Crippen LogP contribution in [-0.2, 0) is 32.7 Å². The Bertz CT molecular complexity index is 1150. The van der Waals surface area contributed by atoms with Gasteiger partial charge in [-0.2, -0.15) is 0 Å². The highest BCUT2D eigenvalue weighted by molar-refractivity contribution is 7.47. The summed E-state index contributed by atoms with van der Waals surface area (Å²) >= 11 is 0. The van der Waals surface area contributed by atoms with Crippen LogP contribution in [-0.4, -0.2) is 77.4 Å². The van der Waals surface area contributed by atoms with Crippen molar-refractivity contribution in [2.75, 3.05) is 33.0 Å². The van der Waals surface area contributed by atoms with E-state index in [0.717, 1.165) is 70.6 Å². The third-order valence-electron chi connectivity index (χ3n) is 9.20. The lowest BCUT2D eigenvalue weighted by Gasteiger charge is -2.20. The van der Waals surface area contributed by atoms with Crippen LogP contribution in [0.1, 0.15) is 174 Å². The van der Waals surface area contributed by atoms with Crippen molar-refractivity contribution in [2.45, 2.75) is 186 Å². The van der Waals surface area contributed by atoms with E-state index in [0.29, 0.717) is 19.3 Å². The SMILES string of the molecule is CCCCCCCC/C=C\CCCCCCCCCC(=O)O[C@H](COC(=O)CCC/C=C\C/C=C\C/C=C\C/C=C\CCCCCO)COP(=O)(O)OC[C@@H](O)CO.